The van der Waals surface area contributed by atoms with Gasteiger partial charge in [-0.25, -0.2) is 0 Å². The van der Waals surface area contributed by atoms with Crippen molar-refractivity contribution < 1.29 is 24.5 Å². The van der Waals surface area contributed by atoms with Gasteiger partial charge in [-0.15, -0.1) is 17.7 Å². The molecule has 0 fully saturated rings. The zero-order valence-corrected chi connectivity index (χ0v) is 15.0. The SMILES string of the molecule is Cc1cccc(C)c1-n1ncnc1-c1[c-]cc2ncoc2c1.[Ir]. The molecule has 117 valence electrons. The molecule has 5 nitrogen and oxygen atoms in total. The quantitative estimate of drug-likeness (QED) is 0.412. The van der Waals surface area contributed by atoms with Crippen LogP contribution in [0, 0.1) is 19.9 Å². The molecule has 0 aliphatic heterocycles. The Hall–Kier alpha value is -2.30. The van der Waals surface area contributed by atoms with Crippen molar-refractivity contribution in [3.63, 3.8) is 0 Å². The molecular weight excluding hydrogens is 468 g/mol. The van der Waals surface area contributed by atoms with Crippen molar-refractivity contribution in [2.45, 2.75) is 13.8 Å². The van der Waals surface area contributed by atoms with Crippen LogP contribution in [0.1, 0.15) is 11.1 Å². The Morgan fingerprint density at radius 1 is 1.13 bits per heavy atom. The summed E-state index contributed by atoms with van der Waals surface area (Å²) in [5.41, 5.74) is 5.65. The molecule has 2 aromatic carbocycles. The van der Waals surface area contributed by atoms with E-state index in [4.69, 9.17) is 4.42 Å². The zero-order valence-electron chi connectivity index (χ0n) is 12.6. The average Bonchev–Trinajstić information content (AvgIpc) is 3.15. The second-order valence-corrected chi connectivity index (χ2v) is 5.18. The minimum atomic E-state index is 0. The van der Waals surface area contributed by atoms with E-state index in [1.165, 1.54) is 6.39 Å². The van der Waals surface area contributed by atoms with Gasteiger partial charge in [-0.1, -0.05) is 24.3 Å². The molecule has 0 atom stereocenters. The second kappa shape index (κ2) is 6.07. The summed E-state index contributed by atoms with van der Waals surface area (Å²) in [6, 6.07) is 13.1. The smallest absolute Gasteiger partial charge is 0.170 e. The number of fused-ring (bicyclic) bond motifs is 1. The van der Waals surface area contributed by atoms with Crippen molar-refractivity contribution >= 4 is 11.1 Å². The van der Waals surface area contributed by atoms with Crippen LogP contribution in [-0.4, -0.2) is 19.7 Å². The molecule has 0 amide bonds. The first-order valence-electron chi connectivity index (χ1n) is 6.96. The van der Waals surface area contributed by atoms with Crippen molar-refractivity contribution in [2.75, 3.05) is 0 Å². The van der Waals surface area contributed by atoms with Gasteiger partial charge in [-0.05, 0) is 25.0 Å². The number of aryl methyl sites for hydroxylation is 2. The third-order valence-corrected chi connectivity index (χ3v) is 3.70. The molecular formula is C17H13IrN4O-. The number of rotatable bonds is 2. The molecule has 0 unspecified atom stereocenters. The Morgan fingerprint density at radius 3 is 2.70 bits per heavy atom. The predicted molar refractivity (Wildman–Crippen MR) is 82.7 cm³/mol. The minimum absolute atomic E-state index is 0. The largest absolute Gasteiger partial charge is 0.464 e. The van der Waals surface area contributed by atoms with Gasteiger partial charge in [0.1, 0.15) is 6.33 Å². The Labute approximate surface area is 146 Å². The molecule has 1 radical (unpaired) electrons. The first kappa shape index (κ1) is 15.6. The summed E-state index contributed by atoms with van der Waals surface area (Å²) in [6.45, 7) is 4.13. The molecule has 0 saturated heterocycles. The van der Waals surface area contributed by atoms with Crippen LogP contribution in [0.5, 0.6) is 0 Å². The van der Waals surface area contributed by atoms with E-state index in [0.29, 0.717) is 5.58 Å². The normalized spacial score (nSPS) is 10.7. The summed E-state index contributed by atoms with van der Waals surface area (Å²) in [4.78, 5) is 8.50. The monoisotopic (exact) mass is 482 g/mol. The fourth-order valence-corrected chi connectivity index (χ4v) is 2.66. The van der Waals surface area contributed by atoms with E-state index in [1.54, 1.807) is 12.4 Å². The fourth-order valence-electron chi connectivity index (χ4n) is 2.66. The van der Waals surface area contributed by atoms with E-state index in [9.17, 15) is 0 Å². The van der Waals surface area contributed by atoms with Gasteiger partial charge >= 0.3 is 0 Å². The number of hydrogen-bond donors (Lipinski definition) is 0. The van der Waals surface area contributed by atoms with Gasteiger partial charge in [-0.3, -0.25) is 14.6 Å². The van der Waals surface area contributed by atoms with E-state index in [-0.39, 0.29) is 20.1 Å². The molecule has 6 heteroatoms. The number of nitrogens with zero attached hydrogens (tertiary/aromatic N) is 4. The summed E-state index contributed by atoms with van der Waals surface area (Å²) in [5, 5.41) is 4.39. The number of aromatic nitrogens is 4. The summed E-state index contributed by atoms with van der Waals surface area (Å²) in [5.74, 6) is 0.732. The maximum atomic E-state index is 5.36. The van der Waals surface area contributed by atoms with Crippen molar-refractivity contribution in [1.29, 1.82) is 0 Å². The number of para-hydroxylation sites is 1. The van der Waals surface area contributed by atoms with Crippen LogP contribution >= 0.6 is 0 Å². The Balaban J connectivity index is 0.00000156. The van der Waals surface area contributed by atoms with Crippen LogP contribution < -0.4 is 0 Å². The maximum Gasteiger partial charge on any atom is 0.170 e. The fraction of sp³-hybridized carbons (Fsp3) is 0.118. The topological polar surface area (TPSA) is 56.7 Å². The van der Waals surface area contributed by atoms with Gasteiger partial charge in [0, 0.05) is 25.6 Å². The predicted octanol–water partition coefficient (Wildman–Crippen LogP) is 3.49. The average molecular weight is 482 g/mol. The van der Waals surface area contributed by atoms with Gasteiger partial charge < -0.3 is 4.42 Å². The third kappa shape index (κ3) is 2.60. The molecule has 4 aromatic rings. The van der Waals surface area contributed by atoms with E-state index in [0.717, 1.165) is 33.7 Å². The number of oxazole rings is 1. The van der Waals surface area contributed by atoms with Gasteiger partial charge in [0.15, 0.2) is 6.39 Å². The van der Waals surface area contributed by atoms with Gasteiger partial charge in [0.2, 0.25) is 0 Å². The van der Waals surface area contributed by atoms with Gasteiger partial charge in [-0.2, -0.15) is 5.10 Å². The minimum Gasteiger partial charge on any atom is -0.464 e. The standard InChI is InChI=1S/C17H13N4O.Ir/c1-11-4-3-5-12(2)16(11)21-17(18-9-20-21)13-6-7-14-15(8-13)22-10-19-14;/h3-5,7-10H,1-2H3;/q-1;. The van der Waals surface area contributed by atoms with Crippen molar-refractivity contribution in [2.24, 2.45) is 0 Å². The van der Waals surface area contributed by atoms with E-state index >= 15 is 0 Å². The molecule has 0 aliphatic rings. The molecule has 0 saturated carbocycles. The molecule has 0 N–H and O–H groups in total. The number of benzene rings is 2. The van der Waals surface area contributed by atoms with Gasteiger partial charge in [0.25, 0.3) is 0 Å². The third-order valence-electron chi connectivity index (χ3n) is 3.70. The van der Waals surface area contributed by atoms with E-state index < -0.39 is 0 Å². The Morgan fingerprint density at radius 2 is 1.91 bits per heavy atom. The number of hydrogen-bond acceptors (Lipinski definition) is 4. The molecule has 0 spiro atoms. The van der Waals surface area contributed by atoms with Crippen LogP contribution in [0.2, 0.25) is 0 Å². The second-order valence-electron chi connectivity index (χ2n) is 5.18. The molecule has 23 heavy (non-hydrogen) atoms. The van der Waals surface area contributed by atoms with Crippen LogP contribution in [0.15, 0.2) is 47.5 Å². The van der Waals surface area contributed by atoms with E-state index in [1.807, 2.05) is 16.8 Å². The van der Waals surface area contributed by atoms with Crippen LogP contribution in [-0.2, 0) is 20.1 Å². The molecule has 2 heterocycles. The summed E-state index contributed by atoms with van der Waals surface area (Å²) >= 11 is 0. The van der Waals surface area contributed by atoms with Crippen molar-refractivity contribution in [1.82, 2.24) is 19.7 Å². The van der Waals surface area contributed by atoms with E-state index in [2.05, 4.69) is 47.1 Å². The maximum absolute atomic E-state index is 5.36. The Bertz CT molecular complexity index is 953. The molecule has 2 aromatic heterocycles. The van der Waals surface area contributed by atoms with Gasteiger partial charge in [0.05, 0.1) is 17.1 Å². The van der Waals surface area contributed by atoms with Crippen molar-refractivity contribution in [3.05, 3.63) is 60.2 Å². The molecule has 4 rings (SSSR count). The van der Waals surface area contributed by atoms with Crippen LogP contribution in [0.25, 0.3) is 28.2 Å². The van der Waals surface area contributed by atoms with Crippen LogP contribution in [0.3, 0.4) is 0 Å². The molecule has 0 bridgehead atoms. The first-order chi connectivity index (χ1) is 10.7. The van der Waals surface area contributed by atoms with Crippen LogP contribution in [0.4, 0.5) is 0 Å². The Kier molecular flexibility index (Phi) is 4.11. The van der Waals surface area contributed by atoms with Crippen molar-refractivity contribution in [3.8, 4) is 17.1 Å². The zero-order chi connectivity index (χ0) is 15.1. The summed E-state index contributed by atoms with van der Waals surface area (Å²) in [7, 11) is 0. The summed E-state index contributed by atoms with van der Waals surface area (Å²) in [6.07, 6.45) is 2.98. The molecule has 0 aliphatic carbocycles. The summed E-state index contributed by atoms with van der Waals surface area (Å²) < 4.78 is 7.21. The first-order valence-corrected chi connectivity index (χ1v) is 6.96.